The van der Waals surface area contributed by atoms with Crippen LogP contribution in [0.1, 0.15) is 19.8 Å². The number of nitrogens with zero attached hydrogens (tertiary/aromatic N) is 1. The Morgan fingerprint density at radius 1 is 1.38 bits per heavy atom. The Balaban J connectivity index is 2.36. The van der Waals surface area contributed by atoms with Crippen molar-refractivity contribution in [2.45, 2.75) is 30.7 Å². The molecule has 0 saturated carbocycles. The zero-order valence-electron chi connectivity index (χ0n) is 11.5. The van der Waals surface area contributed by atoms with Crippen LogP contribution in [0.25, 0.3) is 0 Å². The normalized spacial score (nSPS) is 22.2. The summed E-state index contributed by atoms with van der Waals surface area (Å²) in [5.41, 5.74) is 5.82. The van der Waals surface area contributed by atoms with Crippen LogP contribution in [-0.4, -0.2) is 31.9 Å². The highest BCUT2D eigenvalue weighted by Crippen LogP contribution is 2.29. The zero-order chi connectivity index (χ0) is 15.8. The number of halogens is 3. The third-order valence-electron chi connectivity index (χ3n) is 3.76. The van der Waals surface area contributed by atoms with Gasteiger partial charge in [0.1, 0.15) is 16.5 Å². The van der Waals surface area contributed by atoms with Gasteiger partial charge < -0.3 is 5.73 Å². The average Bonchev–Trinajstić information content (AvgIpc) is 2.42. The molecule has 0 amide bonds. The fourth-order valence-electron chi connectivity index (χ4n) is 2.46. The van der Waals surface area contributed by atoms with E-state index in [1.165, 1.54) is 4.31 Å². The first kappa shape index (κ1) is 16.8. The van der Waals surface area contributed by atoms with Crippen molar-refractivity contribution in [2.75, 3.05) is 13.1 Å². The van der Waals surface area contributed by atoms with Gasteiger partial charge in [-0.3, -0.25) is 0 Å². The number of rotatable bonds is 3. The minimum absolute atomic E-state index is 0.0249. The molecule has 1 fully saturated rings. The summed E-state index contributed by atoms with van der Waals surface area (Å²) in [7, 11) is -4.06. The van der Waals surface area contributed by atoms with E-state index in [1.807, 2.05) is 6.92 Å². The van der Waals surface area contributed by atoms with Crippen LogP contribution >= 0.6 is 15.9 Å². The summed E-state index contributed by atoms with van der Waals surface area (Å²) in [6.45, 7) is 2.35. The zero-order valence-corrected chi connectivity index (χ0v) is 13.9. The van der Waals surface area contributed by atoms with Gasteiger partial charge in [-0.15, -0.1) is 0 Å². The molecule has 0 radical (unpaired) electrons. The van der Waals surface area contributed by atoms with Crippen molar-refractivity contribution in [3.8, 4) is 0 Å². The topological polar surface area (TPSA) is 63.4 Å². The van der Waals surface area contributed by atoms with Crippen LogP contribution < -0.4 is 5.73 Å². The van der Waals surface area contributed by atoms with Crippen molar-refractivity contribution in [3.05, 3.63) is 28.2 Å². The molecule has 1 aromatic carbocycles. The molecule has 2 unspecified atom stereocenters. The van der Waals surface area contributed by atoms with Crippen LogP contribution in [0.3, 0.4) is 0 Å². The maximum Gasteiger partial charge on any atom is 0.246 e. The fraction of sp³-hybridized carbons (Fsp3) is 0.538. The van der Waals surface area contributed by atoms with Gasteiger partial charge in [-0.25, -0.2) is 17.2 Å². The molecule has 0 aliphatic carbocycles. The molecule has 1 aliphatic rings. The quantitative estimate of drug-likeness (QED) is 0.816. The second kappa shape index (κ2) is 6.28. The van der Waals surface area contributed by atoms with Crippen LogP contribution in [0, 0.1) is 17.6 Å². The van der Waals surface area contributed by atoms with E-state index in [0.717, 1.165) is 12.5 Å². The molecule has 0 aromatic heterocycles. The minimum atomic E-state index is -4.06. The summed E-state index contributed by atoms with van der Waals surface area (Å²) in [6, 6.07) is 1.40. The molecule has 1 aromatic rings. The van der Waals surface area contributed by atoms with E-state index in [2.05, 4.69) is 15.9 Å². The fourth-order valence-corrected chi connectivity index (χ4v) is 4.37. The Morgan fingerprint density at radius 3 is 2.67 bits per heavy atom. The van der Waals surface area contributed by atoms with E-state index in [1.54, 1.807) is 0 Å². The van der Waals surface area contributed by atoms with Crippen LogP contribution in [0.2, 0.25) is 0 Å². The smallest absolute Gasteiger partial charge is 0.246 e. The minimum Gasteiger partial charge on any atom is -0.328 e. The van der Waals surface area contributed by atoms with E-state index < -0.39 is 26.6 Å². The molecule has 8 heteroatoms. The van der Waals surface area contributed by atoms with Gasteiger partial charge in [0.15, 0.2) is 0 Å². The molecule has 1 aliphatic heterocycles. The van der Waals surface area contributed by atoms with Crippen LogP contribution in [0.5, 0.6) is 0 Å². The number of hydrogen-bond donors (Lipinski definition) is 1. The first-order valence-electron chi connectivity index (χ1n) is 6.63. The van der Waals surface area contributed by atoms with Crippen molar-refractivity contribution in [2.24, 2.45) is 11.7 Å². The molecule has 0 bridgehead atoms. The second-order valence-corrected chi connectivity index (χ2v) is 8.08. The Labute approximate surface area is 131 Å². The Morgan fingerprint density at radius 2 is 2.05 bits per heavy atom. The van der Waals surface area contributed by atoms with Crippen molar-refractivity contribution < 1.29 is 17.2 Å². The highest BCUT2D eigenvalue weighted by molar-refractivity contribution is 9.10. The molecule has 1 saturated heterocycles. The summed E-state index contributed by atoms with van der Waals surface area (Å²) in [6.07, 6.45) is 1.49. The van der Waals surface area contributed by atoms with Crippen molar-refractivity contribution >= 4 is 26.0 Å². The number of hydrogen-bond acceptors (Lipinski definition) is 3. The summed E-state index contributed by atoms with van der Waals surface area (Å²) >= 11 is 2.83. The third-order valence-corrected chi connectivity index (χ3v) is 6.24. The predicted octanol–water partition coefficient (Wildman–Crippen LogP) is 2.48. The average molecular weight is 383 g/mol. The maximum atomic E-state index is 13.9. The highest BCUT2D eigenvalue weighted by atomic mass is 79.9. The Bertz CT molecular complexity index is 637. The predicted molar refractivity (Wildman–Crippen MR) is 79.2 cm³/mol. The Kier molecular flexibility index (Phi) is 5.02. The summed E-state index contributed by atoms with van der Waals surface area (Å²) in [5, 5.41) is 0. The van der Waals surface area contributed by atoms with Gasteiger partial charge in [-0.1, -0.05) is 0 Å². The molecule has 21 heavy (non-hydrogen) atoms. The van der Waals surface area contributed by atoms with E-state index >= 15 is 0 Å². The van der Waals surface area contributed by atoms with Crippen LogP contribution in [0.4, 0.5) is 8.78 Å². The molecule has 118 valence electrons. The summed E-state index contributed by atoms with van der Waals surface area (Å²) < 4.78 is 53.5. The summed E-state index contributed by atoms with van der Waals surface area (Å²) in [5.74, 6) is -1.75. The van der Waals surface area contributed by atoms with Gasteiger partial charge in [0, 0.05) is 19.1 Å². The van der Waals surface area contributed by atoms with E-state index in [9.17, 15) is 17.2 Å². The first-order chi connectivity index (χ1) is 9.73. The van der Waals surface area contributed by atoms with Gasteiger partial charge in [-0.05, 0) is 53.7 Å². The lowest BCUT2D eigenvalue weighted by Gasteiger charge is -2.33. The molecular weight excluding hydrogens is 366 g/mol. The molecular formula is C13H17BrF2N2O2S. The standard InChI is InChI=1S/C13H17BrF2N2O2S/c1-8(17)9-3-2-4-18(7-9)21(19,20)13-6-11(15)10(14)5-12(13)16/h5-6,8-9H,2-4,7,17H2,1H3. The van der Waals surface area contributed by atoms with Gasteiger partial charge in [-0.2, -0.15) is 4.31 Å². The number of benzene rings is 1. The van der Waals surface area contributed by atoms with Crippen LogP contribution in [-0.2, 0) is 10.0 Å². The lowest BCUT2D eigenvalue weighted by molar-refractivity contribution is 0.242. The lowest BCUT2D eigenvalue weighted by Crippen LogP contribution is -2.45. The van der Waals surface area contributed by atoms with E-state index in [4.69, 9.17) is 5.73 Å². The van der Waals surface area contributed by atoms with E-state index in [-0.39, 0.29) is 23.0 Å². The summed E-state index contributed by atoms with van der Waals surface area (Å²) in [4.78, 5) is -0.631. The highest BCUT2D eigenvalue weighted by Gasteiger charge is 2.33. The second-order valence-electron chi connectivity index (χ2n) is 5.32. The van der Waals surface area contributed by atoms with Gasteiger partial charge in [0.2, 0.25) is 10.0 Å². The van der Waals surface area contributed by atoms with Crippen molar-refractivity contribution in [1.82, 2.24) is 4.31 Å². The number of nitrogens with two attached hydrogens (primary N) is 1. The molecule has 2 N–H and O–H groups in total. The van der Waals surface area contributed by atoms with Gasteiger partial charge in [0.05, 0.1) is 4.47 Å². The SMILES string of the molecule is CC(N)C1CCCN(S(=O)(=O)c2cc(F)c(Br)cc2F)C1. The largest absolute Gasteiger partial charge is 0.328 e. The van der Waals surface area contributed by atoms with E-state index in [0.29, 0.717) is 19.0 Å². The molecule has 2 rings (SSSR count). The third kappa shape index (κ3) is 3.44. The maximum absolute atomic E-state index is 13.9. The Hall–Kier alpha value is -0.570. The molecule has 4 nitrogen and oxygen atoms in total. The number of sulfonamides is 1. The van der Waals surface area contributed by atoms with Crippen molar-refractivity contribution in [1.29, 1.82) is 0 Å². The van der Waals surface area contributed by atoms with Crippen LogP contribution in [0.15, 0.2) is 21.5 Å². The molecule has 1 heterocycles. The van der Waals surface area contributed by atoms with Gasteiger partial charge >= 0.3 is 0 Å². The lowest BCUT2D eigenvalue weighted by atomic mass is 9.93. The monoisotopic (exact) mass is 382 g/mol. The van der Waals surface area contributed by atoms with Gasteiger partial charge in [0.25, 0.3) is 0 Å². The first-order valence-corrected chi connectivity index (χ1v) is 8.87. The van der Waals surface area contributed by atoms with Crippen molar-refractivity contribution in [3.63, 3.8) is 0 Å². The molecule has 2 atom stereocenters. The molecule has 0 spiro atoms. The number of piperidine rings is 1.